The SMILES string of the molecule is OCC1=CC(C[C@H]2C[C@H](CO)[C@@H](OC3O[C@H](CO)[C@@H](O)[C@H](O)[C@H]3O)C(O)[C@H]2O)[C@H](O)[C@@H](O)C1O. The van der Waals surface area contributed by atoms with Gasteiger partial charge in [-0.05, 0) is 24.3 Å². The molecule has 0 radical (unpaired) electrons. The predicted octanol–water partition coefficient (Wildman–Crippen LogP) is -5.46. The molecule has 3 aliphatic rings. The van der Waals surface area contributed by atoms with Gasteiger partial charge in [-0.3, -0.25) is 0 Å². The van der Waals surface area contributed by atoms with Crippen molar-refractivity contribution in [2.24, 2.45) is 17.8 Å². The normalized spacial score (nSPS) is 50.1. The van der Waals surface area contributed by atoms with Crippen LogP contribution in [-0.2, 0) is 9.47 Å². The van der Waals surface area contributed by atoms with Gasteiger partial charge in [0.25, 0.3) is 0 Å². The summed E-state index contributed by atoms with van der Waals surface area (Å²) >= 11 is 0. The van der Waals surface area contributed by atoms with Crippen LogP contribution in [0.3, 0.4) is 0 Å². The Labute approximate surface area is 195 Å². The topological polar surface area (TPSA) is 241 Å². The second-order valence-electron chi connectivity index (χ2n) is 9.44. The molecule has 14 atom stereocenters. The van der Waals surface area contributed by atoms with Crippen LogP contribution in [0, 0.1) is 17.8 Å². The van der Waals surface area contributed by atoms with Gasteiger partial charge in [0, 0.05) is 18.4 Å². The van der Waals surface area contributed by atoms with E-state index in [4.69, 9.17) is 9.47 Å². The zero-order chi connectivity index (χ0) is 25.3. The summed E-state index contributed by atoms with van der Waals surface area (Å²) in [4.78, 5) is 0. The predicted molar refractivity (Wildman–Crippen MR) is 111 cm³/mol. The Kier molecular flexibility index (Phi) is 9.42. The van der Waals surface area contributed by atoms with E-state index in [1.807, 2.05) is 0 Å². The maximum atomic E-state index is 10.8. The van der Waals surface area contributed by atoms with Gasteiger partial charge in [-0.25, -0.2) is 0 Å². The lowest BCUT2D eigenvalue weighted by atomic mass is 9.70. The monoisotopic (exact) mass is 496 g/mol. The van der Waals surface area contributed by atoms with Crippen LogP contribution >= 0.6 is 0 Å². The molecule has 0 aromatic carbocycles. The van der Waals surface area contributed by atoms with Crippen molar-refractivity contribution in [3.8, 4) is 0 Å². The minimum atomic E-state index is -1.73. The second-order valence-corrected chi connectivity index (χ2v) is 9.44. The molecule has 3 rings (SSSR count). The summed E-state index contributed by atoms with van der Waals surface area (Å²) in [5, 5.41) is 111. The third-order valence-electron chi connectivity index (χ3n) is 7.29. The molecule has 13 heteroatoms. The fourth-order valence-electron chi connectivity index (χ4n) is 5.19. The molecule has 1 heterocycles. The van der Waals surface area contributed by atoms with Gasteiger partial charge < -0.3 is 65.6 Å². The van der Waals surface area contributed by atoms with E-state index in [2.05, 4.69) is 0 Å². The summed E-state index contributed by atoms with van der Waals surface area (Å²) < 4.78 is 10.9. The van der Waals surface area contributed by atoms with Gasteiger partial charge in [0.15, 0.2) is 6.29 Å². The lowest BCUT2D eigenvalue weighted by molar-refractivity contribution is -0.329. The highest BCUT2D eigenvalue weighted by atomic mass is 16.7. The van der Waals surface area contributed by atoms with Crippen molar-refractivity contribution in [3.63, 3.8) is 0 Å². The van der Waals surface area contributed by atoms with Crippen LogP contribution in [0.4, 0.5) is 0 Å². The van der Waals surface area contributed by atoms with Gasteiger partial charge >= 0.3 is 0 Å². The first-order chi connectivity index (χ1) is 16.0. The molecule has 0 spiro atoms. The van der Waals surface area contributed by atoms with E-state index in [0.717, 1.165) is 0 Å². The van der Waals surface area contributed by atoms with E-state index in [9.17, 15) is 56.2 Å². The first-order valence-electron chi connectivity index (χ1n) is 11.3. The Hall–Kier alpha value is -0.780. The largest absolute Gasteiger partial charge is 0.396 e. The third kappa shape index (κ3) is 5.32. The standard InChI is InChI=1S/C21H36O13/c22-4-9-2-7(12(25)16(29)14(9)27)1-8-3-10(5-23)20(18(31)13(8)26)34-21-19(32)17(30)15(28)11(6-24)33-21/h2,7-8,10-32H,1,3-6H2/t7?,8-,10+,11+,12-,13-,14?,15+,16+,17-,18?,19+,20+,21?/m0/s1. The van der Waals surface area contributed by atoms with Crippen molar-refractivity contribution in [2.75, 3.05) is 19.8 Å². The Morgan fingerprint density at radius 2 is 1.41 bits per heavy atom. The lowest BCUT2D eigenvalue weighted by Gasteiger charge is -2.47. The maximum absolute atomic E-state index is 10.8. The van der Waals surface area contributed by atoms with Crippen molar-refractivity contribution >= 4 is 0 Å². The van der Waals surface area contributed by atoms with E-state index in [0.29, 0.717) is 0 Å². The highest BCUT2D eigenvalue weighted by Gasteiger charge is 2.50. The summed E-state index contributed by atoms with van der Waals surface area (Å²) in [5.74, 6) is -2.21. The minimum absolute atomic E-state index is 0.0515. The minimum Gasteiger partial charge on any atom is -0.396 e. The molecule has 34 heavy (non-hydrogen) atoms. The molecule has 0 amide bonds. The van der Waals surface area contributed by atoms with Crippen molar-refractivity contribution in [1.29, 1.82) is 0 Å². The summed E-state index contributed by atoms with van der Waals surface area (Å²) in [7, 11) is 0. The molecule has 0 bridgehead atoms. The van der Waals surface area contributed by atoms with Crippen molar-refractivity contribution in [3.05, 3.63) is 11.6 Å². The Morgan fingerprint density at radius 3 is 2.00 bits per heavy atom. The average Bonchev–Trinajstić information content (AvgIpc) is 2.83. The number of hydrogen-bond donors (Lipinski definition) is 11. The van der Waals surface area contributed by atoms with Gasteiger partial charge in [-0.15, -0.1) is 0 Å². The second kappa shape index (κ2) is 11.5. The molecule has 2 fully saturated rings. The van der Waals surface area contributed by atoms with Gasteiger partial charge in [-0.2, -0.15) is 0 Å². The molecule has 198 valence electrons. The number of hydrogen-bond acceptors (Lipinski definition) is 13. The summed E-state index contributed by atoms with van der Waals surface area (Å²) in [6.07, 6.45) is -14.9. The molecule has 1 aliphatic heterocycles. The number of ether oxygens (including phenoxy) is 2. The number of aliphatic hydroxyl groups is 11. The zero-order valence-electron chi connectivity index (χ0n) is 18.4. The highest BCUT2D eigenvalue weighted by molar-refractivity contribution is 5.19. The molecule has 13 nitrogen and oxygen atoms in total. The fraction of sp³-hybridized carbons (Fsp3) is 0.905. The number of rotatable bonds is 7. The molecule has 2 aliphatic carbocycles. The quantitative estimate of drug-likeness (QED) is 0.148. The maximum Gasteiger partial charge on any atom is 0.187 e. The molecule has 4 unspecified atom stereocenters. The average molecular weight is 497 g/mol. The molecule has 0 aromatic rings. The summed E-state index contributed by atoms with van der Waals surface area (Å²) in [6.45, 7) is -1.71. The lowest BCUT2D eigenvalue weighted by Crippen LogP contribution is -2.62. The molecular weight excluding hydrogens is 460 g/mol. The van der Waals surface area contributed by atoms with Crippen LogP contribution < -0.4 is 0 Å². The third-order valence-corrected chi connectivity index (χ3v) is 7.29. The number of aliphatic hydroxyl groups excluding tert-OH is 11. The Balaban J connectivity index is 1.73. The van der Waals surface area contributed by atoms with Crippen LogP contribution in [0.25, 0.3) is 0 Å². The van der Waals surface area contributed by atoms with E-state index in [-0.39, 0.29) is 18.4 Å². The first-order valence-corrected chi connectivity index (χ1v) is 11.3. The fourth-order valence-corrected chi connectivity index (χ4v) is 5.19. The van der Waals surface area contributed by atoms with E-state index < -0.39 is 105 Å². The van der Waals surface area contributed by atoms with Crippen LogP contribution in [0.15, 0.2) is 11.6 Å². The van der Waals surface area contributed by atoms with Gasteiger partial charge in [0.1, 0.15) is 42.7 Å². The zero-order valence-corrected chi connectivity index (χ0v) is 18.4. The van der Waals surface area contributed by atoms with Gasteiger partial charge in [0.2, 0.25) is 0 Å². The molecule has 1 saturated carbocycles. The van der Waals surface area contributed by atoms with Gasteiger partial charge in [0.05, 0.1) is 31.5 Å². The van der Waals surface area contributed by atoms with Crippen LogP contribution in [-0.4, -0.2) is 143 Å². The van der Waals surface area contributed by atoms with Gasteiger partial charge in [-0.1, -0.05) is 6.08 Å². The first kappa shape index (κ1) is 27.8. The van der Waals surface area contributed by atoms with Crippen molar-refractivity contribution in [1.82, 2.24) is 0 Å². The van der Waals surface area contributed by atoms with Crippen LogP contribution in [0.2, 0.25) is 0 Å². The summed E-state index contributed by atoms with van der Waals surface area (Å²) in [6, 6.07) is 0. The van der Waals surface area contributed by atoms with E-state index in [1.165, 1.54) is 6.08 Å². The Morgan fingerprint density at radius 1 is 0.735 bits per heavy atom. The Bertz CT molecular complexity index is 688. The molecule has 1 saturated heterocycles. The smallest absolute Gasteiger partial charge is 0.187 e. The molecule has 0 aromatic heterocycles. The highest BCUT2D eigenvalue weighted by Crippen LogP contribution is 2.39. The molecular formula is C21H36O13. The van der Waals surface area contributed by atoms with E-state index >= 15 is 0 Å². The van der Waals surface area contributed by atoms with Crippen molar-refractivity contribution < 1.29 is 65.6 Å². The van der Waals surface area contributed by atoms with Crippen molar-refractivity contribution in [2.45, 2.75) is 80.2 Å². The summed E-state index contributed by atoms with van der Waals surface area (Å²) in [5.41, 5.74) is 0.121. The van der Waals surface area contributed by atoms with Crippen LogP contribution in [0.5, 0.6) is 0 Å². The van der Waals surface area contributed by atoms with E-state index in [1.54, 1.807) is 0 Å². The van der Waals surface area contributed by atoms with Crippen LogP contribution in [0.1, 0.15) is 12.8 Å². The molecule has 11 N–H and O–H groups in total.